The number of pyridine rings is 1. The number of nitrogens with one attached hydrogen (secondary N) is 1. The van der Waals surface area contributed by atoms with Crippen molar-refractivity contribution >= 4 is 17.7 Å². The summed E-state index contributed by atoms with van der Waals surface area (Å²) in [6, 6.07) is 3.94. The maximum Gasteiger partial charge on any atom is 0.354 e. The molecule has 4 N–H and O–H groups in total. The zero-order valence-electron chi connectivity index (χ0n) is 9.68. The molecular formula is C11H15N3O3. The van der Waals surface area contributed by atoms with Gasteiger partial charge in [-0.05, 0) is 18.1 Å². The molecule has 1 heterocycles. The van der Waals surface area contributed by atoms with Crippen molar-refractivity contribution in [3.63, 3.8) is 0 Å². The van der Waals surface area contributed by atoms with Crippen LogP contribution in [0.2, 0.25) is 0 Å². The van der Waals surface area contributed by atoms with Crippen LogP contribution >= 0.6 is 0 Å². The number of hydrogen-bond acceptors (Lipinski definition) is 4. The monoisotopic (exact) mass is 237 g/mol. The topological polar surface area (TPSA) is 105 Å². The van der Waals surface area contributed by atoms with Gasteiger partial charge in [0.05, 0.1) is 0 Å². The van der Waals surface area contributed by atoms with Crippen LogP contribution in [-0.4, -0.2) is 28.0 Å². The number of nitrogens with two attached hydrogens (primary N) is 1. The molecule has 0 aliphatic carbocycles. The van der Waals surface area contributed by atoms with Crippen LogP contribution in [0.5, 0.6) is 0 Å². The second-order valence-corrected chi connectivity index (χ2v) is 3.98. The van der Waals surface area contributed by atoms with Gasteiger partial charge in [-0.1, -0.05) is 19.9 Å². The van der Waals surface area contributed by atoms with E-state index in [2.05, 4.69) is 10.3 Å². The first kappa shape index (κ1) is 13.0. The molecule has 92 valence electrons. The average molecular weight is 237 g/mol. The number of carbonyl (C=O) groups excluding carboxylic acids is 1. The predicted octanol–water partition coefficient (Wildman–Crippen LogP) is 0.702. The van der Waals surface area contributed by atoms with E-state index in [1.54, 1.807) is 12.1 Å². The number of carbonyl (C=O) groups is 2. The van der Waals surface area contributed by atoms with Crippen molar-refractivity contribution in [2.45, 2.75) is 19.9 Å². The third-order valence-corrected chi connectivity index (χ3v) is 2.24. The van der Waals surface area contributed by atoms with Gasteiger partial charge in [-0.15, -0.1) is 0 Å². The molecule has 1 unspecified atom stereocenters. The molecule has 0 bridgehead atoms. The highest BCUT2D eigenvalue weighted by Crippen LogP contribution is 2.11. The Kier molecular flexibility index (Phi) is 4.03. The van der Waals surface area contributed by atoms with Gasteiger partial charge >= 0.3 is 5.97 Å². The Labute approximate surface area is 98.8 Å². The van der Waals surface area contributed by atoms with Gasteiger partial charge in [-0.3, -0.25) is 4.79 Å². The molecule has 6 nitrogen and oxygen atoms in total. The van der Waals surface area contributed by atoms with Gasteiger partial charge in [0, 0.05) is 0 Å². The number of primary amides is 1. The molecular weight excluding hydrogens is 222 g/mol. The summed E-state index contributed by atoms with van der Waals surface area (Å²) in [5.41, 5.74) is 5.16. The molecule has 0 aliphatic rings. The lowest BCUT2D eigenvalue weighted by Crippen LogP contribution is -2.39. The summed E-state index contributed by atoms with van der Waals surface area (Å²) < 4.78 is 0. The smallest absolute Gasteiger partial charge is 0.354 e. The fourth-order valence-electron chi connectivity index (χ4n) is 1.36. The van der Waals surface area contributed by atoms with Crippen LogP contribution in [-0.2, 0) is 4.79 Å². The highest BCUT2D eigenvalue weighted by atomic mass is 16.4. The molecule has 1 rings (SSSR count). The largest absolute Gasteiger partial charge is 0.477 e. The van der Waals surface area contributed by atoms with Gasteiger partial charge in [0.1, 0.15) is 11.9 Å². The molecule has 0 aliphatic heterocycles. The zero-order chi connectivity index (χ0) is 13.0. The Hall–Kier alpha value is -2.11. The van der Waals surface area contributed by atoms with Crippen molar-refractivity contribution in [2.75, 3.05) is 5.32 Å². The highest BCUT2D eigenvalue weighted by Gasteiger charge is 2.19. The van der Waals surface area contributed by atoms with E-state index in [0.717, 1.165) is 0 Å². The molecule has 6 heteroatoms. The van der Waals surface area contributed by atoms with E-state index >= 15 is 0 Å². The van der Waals surface area contributed by atoms with Crippen LogP contribution in [0.4, 0.5) is 5.82 Å². The molecule has 1 aromatic heterocycles. The highest BCUT2D eigenvalue weighted by molar-refractivity contribution is 5.86. The van der Waals surface area contributed by atoms with E-state index in [-0.39, 0.29) is 11.6 Å². The van der Waals surface area contributed by atoms with E-state index in [1.807, 2.05) is 13.8 Å². The van der Waals surface area contributed by atoms with Crippen molar-refractivity contribution in [3.05, 3.63) is 23.9 Å². The fraction of sp³-hybridized carbons (Fsp3) is 0.364. The van der Waals surface area contributed by atoms with Gasteiger partial charge in [-0.25, -0.2) is 9.78 Å². The van der Waals surface area contributed by atoms with E-state index in [9.17, 15) is 9.59 Å². The number of anilines is 1. The van der Waals surface area contributed by atoms with Gasteiger partial charge < -0.3 is 16.2 Å². The van der Waals surface area contributed by atoms with E-state index < -0.39 is 17.9 Å². The first-order chi connectivity index (χ1) is 7.91. The van der Waals surface area contributed by atoms with Crippen molar-refractivity contribution in [1.29, 1.82) is 0 Å². The number of aromatic carboxylic acids is 1. The lowest BCUT2D eigenvalue weighted by molar-refractivity contribution is -0.119. The number of carboxylic acid groups (broad SMARTS) is 1. The maximum atomic E-state index is 11.2. The first-order valence-corrected chi connectivity index (χ1v) is 5.18. The minimum Gasteiger partial charge on any atom is -0.477 e. The molecule has 0 aromatic carbocycles. The van der Waals surface area contributed by atoms with E-state index in [1.165, 1.54) is 6.07 Å². The third-order valence-electron chi connectivity index (χ3n) is 2.24. The third kappa shape index (κ3) is 3.44. The van der Waals surface area contributed by atoms with Crippen molar-refractivity contribution in [3.8, 4) is 0 Å². The molecule has 1 atom stereocenters. The molecule has 0 spiro atoms. The first-order valence-electron chi connectivity index (χ1n) is 5.18. The number of nitrogens with zero attached hydrogens (tertiary/aromatic N) is 1. The molecule has 0 radical (unpaired) electrons. The lowest BCUT2D eigenvalue weighted by atomic mass is 10.0. The molecule has 1 amide bonds. The Morgan fingerprint density at radius 2 is 2.06 bits per heavy atom. The average Bonchev–Trinajstić information content (AvgIpc) is 2.25. The summed E-state index contributed by atoms with van der Waals surface area (Å²) in [5, 5.41) is 11.6. The number of amides is 1. The summed E-state index contributed by atoms with van der Waals surface area (Å²) in [6.45, 7) is 3.67. The second kappa shape index (κ2) is 5.29. The quantitative estimate of drug-likeness (QED) is 0.699. The van der Waals surface area contributed by atoms with E-state index in [0.29, 0.717) is 5.82 Å². The molecule has 0 saturated carbocycles. The number of hydrogen-bond donors (Lipinski definition) is 3. The second-order valence-electron chi connectivity index (χ2n) is 3.98. The number of carboxylic acids is 1. The van der Waals surface area contributed by atoms with E-state index in [4.69, 9.17) is 10.8 Å². The van der Waals surface area contributed by atoms with Gasteiger partial charge in [-0.2, -0.15) is 0 Å². The summed E-state index contributed by atoms with van der Waals surface area (Å²) in [4.78, 5) is 25.8. The van der Waals surface area contributed by atoms with Crippen LogP contribution in [0, 0.1) is 5.92 Å². The summed E-state index contributed by atoms with van der Waals surface area (Å²) in [5.74, 6) is -1.30. The number of aromatic nitrogens is 1. The summed E-state index contributed by atoms with van der Waals surface area (Å²) in [7, 11) is 0. The van der Waals surface area contributed by atoms with Gasteiger partial charge in [0.2, 0.25) is 5.91 Å². The molecule has 0 saturated heterocycles. The number of rotatable bonds is 5. The Bertz CT molecular complexity index is 432. The minimum atomic E-state index is -1.12. The minimum absolute atomic E-state index is 0.0113. The Balaban J connectivity index is 2.90. The normalized spacial score (nSPS) is 12.2. The Morgan fingerprint density at radius 1 is 1.41 bits per heavy atom. The molecule has 0 fully saturated rings. The molecule has 1 aromatic rings. The van der Waals surface area contributed by atoms with Crippen molar-refractivity contribution < 1.29 is 14.7 Å². The van der Waals surface area contributed by atoms with Gasteiger partial charge in [0.25, 0.3) is 0 Å². The Morgan fingerprint density at radius 3 is 2.53 bits per heavy atom. The maximum absolute atomic E-state index is 11.2. The van der Waals surface area contributed by atoms with Crippen LogP contribution in [0.3, 0.4) is 0 Å². The predicted molar refractivity (Wildman–Crippen MR) is 62.6 cm³/mol. The van der Waals surface area contributed by atoms with Crippen molar-refractivity contribution in [2.24, 2.45) is 11.7 Å². The summed E-state index contributed by atoms with van der Waals surface area (Å²) in [6.07, 6.45) is 0. The lowest BCUT2D eigenvalue weighted by Gasteiger charge is -2.19. The molecule has 17 heavy (non-hydrogen) atoms. The zero-order valence-corrected chi connectivity index (χ0v) is 9.68. The standard InChI is InChI=1S/C11H15N3O3/c1-6(2)9(10(12)15)14-8-5-3-4-7(13-8)11(16)17/h3-6,9H,1-2H3,(H2,12,15)(H,13,14)(H,16,17). The van der Waals surface area contributed by atoms with Crippen LogP contribution < -0.4 is 11.1 Å². The van der Waals surface area contributed by atoms with Crippen LogP contribution in [0.1, 0.15) is 24.3 Å². The van der Waals surface area contributed by atoms with Gasteiger partial charge in [0.15, 0.2) is 5.69 Å². The SMILES string of the molecule is CC(C)C(Nc1cccc(C(=O)O)n1)C(N)=O. The van der Waals surface area contributed by atoms with Crippen LogP contribution in [0.15, 0.2) is 18.2 Å². The summed E-state index contributed by atoms with van der Waals surface area (Å²) >= 11 is 0. The van der Waals surface area contributed by atoms with Crippen molar-refractivity contribution in [1.82, 2.24) is 4.98 Å². The van der Waals surface area contributed by atoms with Crippen LogP contribution in [0.25, 0.3) is 0 Å². The fourth-order valence-corrected chi connectivity index (χ4v) is 1.36.